The van der Waals surface area contributed by atoms with Gasteiger partial charge in [-0.2, -0.15) is 0 Å². The molecule has 0 fully saturated rings. The summed E-state index contributed by atoms with van der Waals surface area (Å²) in [6, 6.07) is 0. The topological polar surface area (TPSA) is 24.1 Å². The molecule has 0 aromatic carbocycles. The molecule has 0 aliphatic heterocycles. The monoisotopic (exact) mass is 234 g/mol. The Hall–Kier alpha value is 1.16. The number of rotatable bonds is 3. The smallest absolute Gasteiger partial charge is 0.0246 e. The van der Waals surface area contributed by atoms with Crippen LogP contribution in [0.15, 0.2) is 0 Å². The van der Waals surface area contributed by atoms with Gasteiger partial charge in [0.2, 0.25) is 0 Å². The zero-order valence-corrected chi connectivity index (χ0v) is 6.55. The molecule has 0 amide bonds. The molecular formula is C2H6Cl2N2Pd. The van der Waals surface area contributed by atoms with E-state index in [4.69, 9.17) is 23.6 Å². The third kappa shape index (κ3) is 11.0. The molecule has 0 radical (unpaired) electrons. The van der Waals surface area contributed by atoms with E-state index in [9.17, 15) is 0 Å². The average molecular weight is 235 g/mol. The summed E-state index contributed by atoms with van der Waals surface area (Å²) in [6.07, 6.45) is 0. The van der Waals surface area contributed by atoms with Crippen molar-refractivity contribution in [1.29, 1.82) is 0 Å². The first-order valence-corrected chi connectivity index (χ1v) is 2.34. The van der Waals surface area contributed by atoms with Gasteiger partial charge < -0.3 is 0 Å². The fraction of sp³-hybridized carbons (Fsp3) is 1.00. The van der Waals surface area contributed by atoms with Crippen LogP contribution in [0.4, 0.5) is 0 Å². The normalized spacial score (nSPS) is 7.71. The molecule has 0 spiro atoms. The molecule has 0 unspecified atom stereocenters. The van der Waals surface area contributed by atoms with Crippen molar-refractivity contribution in [3.8, 4) is 0 Å². The van der Waals surface area contributed by atoms with Crippen molar-refractivity contribution in [1.82, 2.24) is 9.67 Å². The Balaban J connectivity index is 0. The number of hydrogen-bond acceptors (Lipinski definition) is 2. The van der Waals surface area contributed by atoms with Crippen LogP contribution in [0.1, 0.15) is 0 Å². The standard InChI is InChI=1S/C2H6Cl2N2.Pd/c3-5-1-2-6-4;/h5-6H,1-2H2;. The molecule has 0 aromatic rings. The van der Waals surface area contributed by atoms with E-state index in [1.807, 2.05) is 0 Å². The summed E-state index contributed by atoms with van der Waals surface area (Å²) in [6.45, 7) is 1.37. The van der Waals surface area contributed by atoms with Crippen LogP contribution in [0.2, 0.25) is 0 Å². The molecule has 7 heavy (non-hydrogen) atoms. The first kappa shape index (κ1) is 11.0. The quantitative estimate of drug-likeness (QED) is 0.422. The van der Waals surface area contributed by atoms with E-state index < -0.39 is 0 Å². The minimum atomic E-state index is 0. The molecule has 0 aliphatic carbocycles. The van der Waals surface area contributed by atoms with E-state index in [-0.39, 0.29) is 20.4 Å². The van der Waals surface area contributed by atoms with Gasteiger partial charge in [-0.1, -0.05) is 0 Å². The summed E-state index contributed by atoms with van der Waals surface area (Å²) in [7, 11) is 0. The van der Waals surface area contributed by atoms with Crippen molar-refractivity contribution in [2.75, 3.05) is 13.1 Å². The Morgan fingerprint density at radius 2 is 1.29 bits per heavy atom. The van der Waals surface area contributed by atoms with E-state index in [0.29, 0.717) is 13.1 Å². The Morgan fingerprint density at radius 3 is 1.43 bits per heavy atom. The van der Waals surface area contributed by atoms with E-state index in [1.54, 1.807) is 0 Å². The van der Waals surface area contributed by atoms with Crippen LogP contribution in [0, 0.1) is 0 Å². The fourth-order valence-corrected chi connectivity index (χ4v) is 0.283. The summed E-state index contributed by atoms with van der Waals surface area (Å²) < 4.78 is 0. The van der Waals surface area contributed by atoms with Crippen molar-refractivity contribution >= 4 is 23.6 Å². The molecular weight excluding hydrogens is 229 g/mol. The maximum absolute atomic E-state index is 5.03. The molecule has 5 heteroatoms. The van der Waals surface area contributed by atoms with Crippen molar-refractivity contribution in [2.24, 2.45) is 0 Å². The van der Waals surface area contributed by atoms with Gasteiger partial charge in [-0.05, 0) is 23.6 Å². The van der Waals surface area contributed by atoms with Gasteiger partial charge in [0.15, 0.2) is 0 Å². The fourth-order valence-electron chi connectivity index (χ4n) is 0.0945. The van der Waals surface area contributed by atoms with Gasteiger partial charge >= 0.3 is 0 Å². The first-order valence-electron chi connectivity index (χ1n) is 1.59. The molecule has 0 heterocycles. The summed E-state index contributed by atoms with van der Waals surface area (Å²) in [4.78, 5) is 4.79. The summed E-state index contributed by atoms with van der Waals surface area (Å²) in [5, 5.41) is 0. The molecule has 0 rings (SSSR count). The zero-order chi connectivity index (χ0) is 4.83. The van der Waals surface area contributed by atoms with Gasteiger partial charge in [0, 0.05) is 33.5 Å². The molecule has 48 valence electrons. The van der Waals surface area contributed by atoms with Gasteiger partial charge in [0.05, 0.1) is 0 Å². The maximum atomic E-state index is 5.03. The maximum Gasteiger partial charge on any atom is 0.0246 e. The van der Waals surface area contributed by atoms with E-state index in [0.717, 1.165) is 0 Å². The molecule has 0 aromatic heterocycles. The molecule has 0 bridgehead atoms. The molecule has 2 N–H and O–H groups in total. The van der Waals surface area contributed by atoms with E-state index in [1.165, 1.54) is 0 Å². The SMILES string of the molecule is ClNCCNCl.[Pd]. The molecule has 0 saturated carbocycles. The van der Waals surface area contributed by atoms with Crippen LogP contribution in [0.5, 0.6) is 0 Å². The third-order valence-electron chi connectivity index (χ3n) is 0.314. The van der Waals surface area contributed by atoms with E-state index >= 15 is 0 Å². The minimum absolute atomic E-state index is 0. The van der Waals surface area contributed by atoms with Crippen LogP contribution in [0.25, 0.3) is 0 Å². The number of hydrogen-bond donors (Lipinski definition) is 2. The minimum Gasteiger partial charge on any atom is -0.232 e. The van der Waals surface area contributed by atoms with Crippen molar-refractivity contribution < 1.29 is 20.4 Å². The van der Waals surface area contributed by atoms with Gasteiger partial charge in [-0.15, -0.1) is 0 Å². The Labute approximate surface area is 66.8 Å². The van der Waals surface area contributed by atoms with Crippen LogP contribution < -0.4 is 9.67 Å². The largest absolute Gasteiger partial charge is 0.232 e. The second-order valence-corrected chi connectivity index (χ2v) is 1.30. The predicted molar refractivity (Wildman–Crippen MR) is 27.7 cm³/mol. The first-order chi connectivity index (χ1) is 2.91. The van der Waals surface area contributed by atoms with E-state index in [2.05, 4.69) is 9.67 Å². The second-order valence-electron chi connectivity index (χ2n) is 0.767. The average Bonchev–Trinajstić information content (AvgIpc) is 1.61. The Bertz CT molecular complexity index is 25.7. The molecule has 2 nitrogen and oxygen atoms in total. The molecule has 0 saturated heterocycles. The molecule has 0 aliphatic rings. The third-order valence-corrected chi connectivity index (χ3v) is 0.692. The van der Waals surface area contributed by atoms with Gasteiger partial charge in [-0.3, -0.25) is 0 Å². The number of nitrogens with one attached hydrogen (secondary N) is 2. The predicted octanol–water partition coefficient (Wildman–Crippen LogP) is 0.471. The summed E-state index contributed by atoms with van der Waals surface area (Å²) in [5.74, 6) is 0. The van der Waals surface area contributed by atoms with Gasteiger partial charge in [0.25, 0.3) is 0 Å². The summed E-state index contributed by atoms with van der Waals surface area (Å²) >= 11 is 10.1. The number of halogens is 2. The van der Waals surface area contributed by atoms with Crippen LogP contribution in [0.3, 0.4) is 0 Å². The van der Waals surface area contributed by atoms with Gasteiger partial charge in [-0.25, -0.2) is 9.67 Å². The second kappa shape index (κ2) is 10.2. The van der Waals surface area contributed by atoms with Crippen molar-refractivity contribution in [3.63, 3.8) is 0 Å². The van der Waals surface area contributed by atoms with Crippen LogP contribution in [-0.2, 0) is 20.4 Å². The molecule has 0 atom stereocenters. The Morgan fingerprint density at radius 1 is 1.00 bits per heavy atom. The van der Waals surface area contributed by atoms with Crippen molar-refractivity contribution in [2.45, 2.75) is 0 Å². The van der Waals surface area contributed by atoms with Crippen LogP contribution in [-0.4, -0.2) is 13.1 Å². The van der Waals surface area contributed by atoms with Crippen molar-refractivity contribution in [3.05, 3.63) is 0 Å². The zero-order valence-electron chi connectivity index (χ0n) is 3.49. The van der Waals surface area contributed by atoms with Crippen LogP contribution >= 0.6 is 23.6 Å². The Kier molecular flexibility index (Phi) is 16.1. The van der Waals surface area contributed by atoms with Gasteiger partial charge in [0.1, 0.15) is 0 Å². The summed E-state index contributed by atoms with van der Waals surface area (Å²) in [5.41, 5.74) is 0.